The number of anilines is 1. The number of aromatic nitrogens is 2. The monoisotopic (exact) mass is 414 g/mol. The minimum atomic E-state index is -3.92. The summed E-state index contributed by atoms with van der Waals surface area (Å²) in [7, 11) is -3.92. The van der Waals surface area contributed by atoms with E-state index in [-0.39, 0.29) is 11.4 Å². The first-order valence-electron chi connectivity index (χ1n) is 8.94. The number of rotatable bonds is 6. The first-order valence-corrected chi connectivity index (χ1v) is 10.4. The highest BCUT2D eigenvalue weighted by atomic mass is 32.2. The average Bonchev–Trinajstić information content (AvgIpc) is 3.09. The Morgan fingerprint density at radius 1 is 1.03 bits per heavy atom. The van der Waals surface area contributed by atoms with E-state index in [1.165, 1.54) is 6.07 Å². The van der Waals surface area contributed by atoms with E-state index in [2.05, 4.69) is 20.2 Å². The molecule has 1 amide bonds. The van der Waals surface area contributed by atoms with E-state index in [1.807, 2.05) is 26.0 Å². The Balaban J connectivity index is 1.74. The number of benzene rings is 2. The van der Waals surface area contributed by atoms with Gasteiger partial charge in [-0.25, -0.2) is 13.1 Å². The maximum absolute atomic E-state index is 12.8. The van der Waals surface area contributed by atoms with Crippen LogP contribution < -0.4 is 10.0 Å². The van der Waals surface area contributed by atoms with Crippen molar-refractivity contribution in [3.05, 3.63) is 59.0 Å². The van der Waals surface area contributed by atoms with Crippen LogP contribution in [0.1, 0.15) is 22.6 Å². The molecular formula is C20H22N4O4S. The lowest BCUT2D eigenvalue weighted by atomic mass is 10.1. The summed E-state index contributed by atoms with van der Waals surface area (Å²) < 4.78 is 32.8. The molecule has 0 aliphatic rings. The van der Waals surface area contributed by atoms with Gasteiger partial charge in [0.2, 0.25) is 27.6 Å². The van der Waals surface area contributed by atoms with Crippen molar-refractivity contribution in [2.24, 2.45) is 0 Å². The number of nitrogens with one attached hydrogen (secondary N) is 2. The van der Waals surface area contributed by atoms with Gasteiger partial charge in [0.1, 0.15) is 0 Å². The van der Waals surface area contributed by atoms with Gasteiger partial charge in [0.15, 0.2) is 0 Å². The van der Waals surface area contributed by atoms with Gasteiger partial charge in [0, 0.05) is 18.2 Å². The van der Waals surface area contributed by atoms with Gasteiger partial charge in [-0.15, -0.1) is 0 Å². The molecule has 0 saturated carbocycles. The van der Waals surface area contributed by atoms with Gasteiger partial charge < -0.3 is 9.84 Å². The van der Waals surface area contributed by atoms with E-state index in [4.69, 9.17) is 4.52 Å². The summed E-state index contributed by atoms with van der Waals surface area (Å²) in [6, 6.07) is 10.4. The maximum Gasteiger partial charge on any atom is 0.241 e. The highest BCUT2D eigenvalue weighted by molar-refractivity contribution is 7.89. The van der Waals surface area contributed by atoms with Crippen molar-refractivity contribution in [1.29, 1.82) is 0 Å². The first-order chi connectivity index (χ1) is 13.7. The Hall–Kier alpha value is -3.04. The normalized spacial score (nSPS) is 11.4. The second kappa shape index (κ2) is 8.14. The molecule has 152 valence electrons. The minimum absolute atomic E-state index is 0.0526. The molecule has 0 atom stereocenters. The van der Waals surface area contributed by atoms with Crippen LogP contribution in [0.25, 0.3) is 11.4 Å². The molecule has 0 bridgehead atoms. The van der Waals surface area contributed by atoms with Crippen molar-refractivity contribution >= 4 is 21.6 Å². The third kappa shape index (κ3) is 4.87. The van der Waals surface area contributed by atoms with Crippen LogP contribution in [0, 0.1) is 27.7 Å². The van der Waals surface area contributed by atoms with E-state index >= 15 is 0 Å². The number of carbonyl (C=O) groups excluding carboxylic acids is 1. The van der Waals surface area contributed by atoms with Crippen LogP contribution in [0.2, 0.25) is 0 Å². The number of amides is 1. The molecule has 2 aromatic carbocycles. The van der Waals surface area contributed by atoms with Crippen molar-refractivity contribution in [3.8, 4) is 11.4 Å². The fourth-order valence-electron chi connectivity index (χ4n) is 2.83. The molecule has 3 aromatic rings. The van der Waals surface area contributed by atoms with Crippen molar-refractivity contribution in [2.45, 2.75) is 32.6 Å². The predicted octanol–water partition coefficient (Wildman–Crippen LogP) is 2.89. The molecule has 8 nitrogen and oxygen atoms in total. The Labute approximate surface area is 169 Å². The molecule has 1 aromatic heterocycles. The minimum Gasteiger partial charge on any atom is -0.339 e. The van der Waals surface area contributed by atoms with Crippen molar-refractivity contribution < 1.29 is 17.7 Å². The lowest BCUT2D eigenvalue weighted by Crippen LogP contribution is -2.33. The van der Waals surface area contributed by atoms with Gasteiger partial charge >= 0.3 is 0 Å². The van der Waals surface area contributed by atoms with Gasteiger partial charge in [0.25, 0.3) is 0 Å². The van der Waals surface area contributed by atoms with Gasteiger partial charge in [-0.05, 0) is 44.0 Å². The number of nitrogens with zero attached hydrogens (tertiary/aromatic N) is 2. The molecule has 0 saturated heterocycles. The molecule has 0 aliphatic carbocycles. The molecular weight excluding hydrogens is 392 g/mol. The van der Waals surface area contributed by atoms with Crippen LogP contribution in [0.4, 0.5) is 5.69 Å². The second-order valence-corrected chi connectivity index (χ2v) is 8.54. The molecule has 0 radical (unpaired) electrons. The fraction of sp³-hybridized carbons (Fsp3) is 0.250. The van der Waals surface area contributed by atoms with E-state index in [0.717, 1.165) is 11.1 Å². The summed E-state index contributed by atoms with van der Waals surface area (Å²) in [5.74, 6) is 0.223. The number of hydrogen-bond donors (Lipinski definition) is 2. The standard InChI is InChI=1S/C20H22N4O4S/c1-12-5-8-17(14(3)9-12)23-19(25)11-21-29(26,27)18-10-16(7-6-13(18)2)20-22-15(4)28-24-20/h5-10,21H,11H2,1-4H3,(H,23,25). The number of carbonyl (C=O) groups is 1. The van der Waals surface area contributed by atoms with Gasteiger partial charge in [-0.2, -0.15) is 4.98 Å². The predicted molar refractivity (Wildman–Crippen MR) is 109 cm³/mol. The van der Waals surface area contributed by atoms with Crippen LogP contribution in [-0.2, 0) is 14.8 Å². The van der Waals surface area contributed by atoms with E-state index < -0.39 is 15.9 Å². The van der Waals surface area contributed by atoms with Gasteiger partial charge in [-0.1, -0.05) is 35.0 Å². The molecule has 1 heterocycles. The summed E-state index contributed by atoms with van der Waals surface area (Å²) in [5, 5.41) is 6.53. The third-order valence-corrected chi connectivity index (χ3v) is 5.89. The van der Waals surface area contributed by atoms with Crippen molar-refractivity contribution in [2.75, 3.05) is 11.9 Å². The smallest absolute Gasteiger partial charge is 0.241 e. The van der Waals surface area contributed by atoms with Crippen LogP contribution in [-0.4, -0.2) is 31.0 Å². The lowest BCUT2D eigenvalue weighted by Gasteiger charge is -2.12. The number of aryl methyl sites for hydroxylation is 4. The summed E-state index contributed by atoms with van der Waals surface area (Å²) in [6.07, 6.45) is 0. The summed E-state index contributed by atoms with van der Waals surface area (Å²) >= 11 is 0. The molecule has 3 rings (SSSR count). The molecule has 29 heavy (non-hydrogen) atoms. The zero-order valence-electron chi connectivity index (χ0n) is 16.6. The molecule has 0 fully saturated rings. The van der Waals surface area contributed by atoms with E-state index in [9.17, 15) is 13.2 Å². The summed E-state index contributed by atoms with van der Waals surface area (Å²) in [6.45, 7) is 6.77. The SMILES string of the molecule is Cc1ccc(NC(=O)CNS(=O)(=O)c2cc(-c3noc(C)n3)ccc2C)c(C)c1. The van der Waals surface area contributed by atoms with Crippen LogP contribution in [0.5, 0.6) is 0 Å². The van der Waals surface area contributed by atoms with Crippen LogP contribution in [0.3, 0.4) is 0 Å². The highest BCUT2D eigenvalue weighted by Gasteiger charge is 2.20. The van der Waals surface area contributed by atoms with Gasteiger partial charge in [-0.3, -0.25) is 4.79 Å². The average molecular weight is 414 g/mol. The number of hydrogen-bond acceptors (Lipinski definition) is 6. The molecule has 2 N–H and O–H groups in total. The first kappa shape index (κ1) is 20.7. The maximum atomic E-state index is 12.8. The Morgan fingerprint density at radius 3 is 2.45 bits per heavy atom. The highest BCUT2D eigenvalue weighted by Crippen LogP contribution is 2.23. The van der Waals surface area contributed by atoms with Crippen molar-refractivity contribution in [3.63, 3.8) is 0 Å². The van der Waals surface area contributed by atoms with Crippen LogP contribution >= 0.6 is 0 Å². The second-order valence-electron chi connectivity index (χ2n) is 6.81. The largest absolute Gasteiger partial charge is 0.339 e. The third-order valence-electron chi connectivity index (χ3n) is 4.34. The van der Waals surface area contributed by atoms with Crippen LogP contribution in [0.15, 0.2) is 45.8 Å². The molecule has 0 unspecified atom stereocenters. The topological polar surface area (TPSA) is 114 Å². The van der Waals surface area contributed by atoms with E-state index in [0.29, 0.717) is 28.5 Å². The molecule has 0 aliphatic heterocycles. The zero-order valence-corrected chi connectivity index (χ0v) is 17.4. The summed E-state index contributed by atoms with van der Waals surface area (Å²) in [4.78, 5) is 16.4. The molecule has 9 heteroatoms. The van der Waals surface area contributed by atoms with E-state index in [1.54, 1.807) is 32.0 Å². The zero-order chi connectivity index (χ0) is 21.2. The molecule has 0 spiro atoms. The Bertz CT molecular complexity index is 1170. The van der Waals surface area contributed by atoms with Gasteiger partial charge in [0.05, 0.1) is 11.4 Å². The lowest BCUT2D eigenvalue weighted by molar-refractivity contribution is -0.115. The van der Waals surface area contributed by atoms with Crippen molar-refractivity contribution in [1.82, 2.24) is 14.9 Å². The summed E-state index contributed by atoms with van der Waals surface area (Å²) in [5.41, 5.74) is 3.67. The quantitative estimate of drug-likeness (QED) is 0.641. The fourth-order valence-corrected chi connectivity index (χ4v) is 4.08. The number of sulfonamides is 1. The Kier molecular flexibility index (Phi) is 5.81. The Morgan fingerprint density at radius 2 is 1.79 bits per heavy atom.